The Labute approximate surface area is 333 Å². The third-order valence-electron chi connectivity index (χ3n) is 7.39. The summed E-state index contributed by atoms with van der Waals surface area (Å²) in [6, 6.07) is 0. The molecule has 0 aliphatic heterocycles. The molecule has 0 amide bonds. The van der Waals surface area contributed by atoms with Crippen LogP contribution in [0.15, 0.2) is 61.8 Å². The van der Waals surface area contributed by atoms with Crippen molar-refractivity contribution in [3.8, 4) is 0 Å². The summed E-state index contributed by atoms with van der Waals surface area (Å²) in [5.41, 5.74) is 0. The van der Waals surface area contributed by atoms with Crippen molar-refractivity contribution >= 4 is 23.9 Å². The summed E-state index contributed by atoms with van der Waals surface area (Å²) < 4.78 is 18.0. The van der Waals surface area contributed by atoms with Crippen molar-refractivity contribution in [2.24, 2.45) is 0 Å². The SMILES string of the molecule is C=CCCCC.C=CCCCC(=O)OC.CCCC/C=C\CCCC(=O)OC.CCCCC=CCCCC.COC(=O)CCCC=CCCCC(=O)OC. The predicted octanol–water partition coefficient (Wildman–Crippen LogP) is 13.1. The third-order valence-corrected chi connectivity index (χ3v) is 7.39. The van der Waals surface area contributed by atoms with Gasteiger partial charge in [-0.3, -0.25) is 19.2 Å². The first-order valence-corrected chi connectivity index (χ1v) is 20.6. The maximum absolute atomic E-state index is 10.8. The van der Waals surface area contributed by atoms with Gasteiger partial charge in [-0.15, -0.1) is 13.2 Å². The van der Waals surface area contributed by atoms with Gasteiger partial charge in [0.15, 0.2) is 0 Å². The van der Waals surface area contributed by atoms with Gasteiger partial charge in [-0.25, -0.2) is 0 Å². The van der Waals surface area contributed by atoms with Crippen LogP contribution in [-0.2, 0) is 38.1 Å². The van der Waals surface area contributed by atoms with Gasteiger partial charge in [0.1, 0.15) is 0 Å². The molecule has 0 bridgehead atoms. The minimum atomic E-state index is -0.168. The summed E-state index contributed by atoms with van der Waals surface area (Å²) in [7, 11) is 5.62. The number of ether oxygens (including phenoxy) is 4. The lowest BCUT2D eigenvalue weighted by atomic mass is 10.2. The Morgan fingerprint density at radius 2 is 0.537 bits per heavy atom. The lowest BCUT2D eigenvalue weighted by Gasteiger charge is -1.97. The largest absolute Gasteiger partial charge is 0.469 e. The van der Waals surface area contributed by atoms with Gasteiger partial charge in [-0.1, -0.05) is 128 Å². The average molecular weight is 765 g/mol. The number of allylic oxidation sites excluding steroid dienone is 8. The zero-order valence-electron chi connectivity index (χ0n) is 36.3. The van der Waals surface area contributed by atoms with Crippen LogP contribution in [0.1, 0.15) is 182 Å². The number of carbonyl (C=O) groups excluding carboxylic acids is 4. The maximum Gasteiger partial charge on any atom is 0.305 e. The maximum atomic E-state index is 10.8. The summed E-state index contributed by atoms with van der Waals surface area (Å²) in [5.74, 6) is -0.586. The van der Waals surface area contributed by atoms with Crippen LogP contribution in [0.2, 0.25) is 0 Å². The molecule has 316 valence electrons. The smallest absolute Gasteiger partial charge is 0.305 e. The van der Waals surface area contributed by atoms with Crippen molar-refractivity contribution in [1.29, 1.82) is 0 Å². The van der Waals surface area contributed by atoms with Gasteiger partial charge in [-0.05, 0) is 77.0 Å². The summed E-state index contributed by atoms with van der Waals surface area (Å²) in [4.78, 5) is 42.6. The van der Waals surface area contributed by atoms with Crippen molar-refractivity contribution in [3.05, 3.63) is 61.8 Å². The van der Waals surface area contributed by atoms with E-state index in [9.17, 15) is 19.2 Å². The van der Waals surface area contributed by atoms with E-state index in [0.29, 0.717) is 25.7 Å². The van der Waals surface area contributed by atoms with Gasteiger partial charge in [0.05, 0.1) is 28.4 Å². The van der Waals surface area contributed by atoms with Crippen molar-refractivity contribution in [3.63, 3.8) is 0 Å². The molecule has 0 rings (SSSR count). The van der Waals surface area contributed by atoms with E-state index in [0.717, 1.165) is 57.8 Å². The molecule has 0 spiro atoms. The molecule has 0 aliphatic rings. The van der Waals surface area contributed by atoms with Crippen LogP contribution in [0.4, 0.5) is 0 Å². The molecule has 0 aromatic carbocycles. The Bertz CT molecular complexity index is 870. The van der Waals surface area contributed by atoms with E-state index >= 15 is 0 Å². The van der Waals surface area contributed by atoms with Crippen LogP contribution in [0.5, 0.6) is 0 Å². The highest BCUT2D eigenvalue weighted by Gasteiger charge is 1.99. The molecular weight excluding hydrogens is 680 g/mol. The molecular formula is C46H84O8. The Hall–Kier alpha value is -3.42. The molecule has 0 heterocycles. The molecule has 0 aromatic heterocycles. The minimum absolute atomic E-state index is 0.109. The van der Waals surface area contributed by atoms with Gasteiger partial charge in [0, 0.05) is 25.7 Å². The highest BCUT2D eigenvalue weighted by Crippen LogP contribution is 2.03. The molecule has 54 heavy (non-hydrogen) atoms. The van der Waals surface area contributed by atoms with Gasteiger partial charge >= 0.3 is 23.9 Å². The summed E-state index contributed by atoms with van der Waals surface area (Å²) >= 11 is 0. The summed E-state index contributed by atoms with van der Waals surface area (Å²) in [5, 5.41) is 0. The summed E-state index contributed by atoms with van der Waals surface area (Å²) in [6.07, 6.45) is 41.0. The number of methoxy groups -OCH3 is 4. The molecule has 0 aliphatic carbocycles. The molecule has 8 nitrogen and oxygen atoms in total. The fourth-order valence-electron chi connectivity index (χ4n) is 3.91. The lowest BCUT2D eigenvalue weighted by molar-refractivity contribution is -0.141. The Balaban J connectivity index is -0.000000192. The zero-order chi connectivity index (χ0) is 41.8. The second-order valence-electron chi connectivity index (χ2n) is 12.4. The van der Waals surface area contributed by atoms with Crippen molar-refractivity contribution in [2.45, 2.75) is 182 Å². The van der Waals surface area contributed by atoms with E-state index in [1.165, 1.54) is 99.1 Å². The predicted molar refractivity (Wildman–Crippen MR) is 229 cm³/mol. The van der Waals surface area contributed by atoms with E-state index in [1.807, 2.05) is 18.2 Å². The highest BCUT2D eigenvalue weighted by atomic mass is 16.5. The standard InChI is InChI=1S/C12H20O4.C11H20O2.C10H20.C7H12O2.C6H12/c1-15-11(13)9-7-5-3-4-6-8-10-12(14)16-2;1-3-4-5-6-7-8-9-10-11(12)13-2;1-3-5-7-9-10-8-6-4-2;1-3-4-5-6-7(8)9-2;1-3-5-6-4-2/h3-4H,5-10H2,1-2H3;6-7H,3-5,8-10H2,1-2H3;9-10H,3-8H2,1-2H3;3H,1,4-6H2,2H3;3H,1,4-6H2,2H3/b;7-6-;;;. The molecule has 8 heteroatoms. The van der Waals surface area contributed by atoms with Gasteiger partial charge in [0.2, 0.25) is 0 Å². The molecule has 0 saturated carbocycles. The molecule has 0 radical (unpaired) electrons. The first-order chi connectivity index (χ1) is 26.1. The Morgan fingerprint density at radius 1 is 0.352 bits per heavy atom. The van der Waals surface area contributed by atoms with Crippen LogP contribution in [0.3, 0.4) is 0 Å². The van der Waals surface area contributed by atoms with Crippen molar-refractivity contribution in [2.75, 3.05) is 28.4 Å². The second kappa shape index (κ2) is 58.9. The molecule has 0 saturated heterocycles. The van der Waals surface area contributed by atoms with Crippen LogP contribution in [0.25, 0.3) is 0 Å². The lowest BCUT2D eigenvalue weighted by Crippen LogP contribution is -1.99. The van der Waals surface area contributed by atoms with Crippen LogP contribution < -0.4 is 0 Å². The molecule has 0 aromatic rings. The number of hydrogen-bond donors (Lipinski definition) is 0. The normalized spacial score (nSPS) is 10.0. The van der Waals surface area contributed by atoms with Crippen molar-refractivity contribution < 1.29 is 38.1 Å². The zero-order valence-corrected chi connectivity index (χ0v) is 36.3. The van der Waals surface area contributed by atoms with Gasteiger partial charge in [0.25, 0.3) is 0 Å². The Morgan fingerprint density at radius 3 is 0.722 bits per heavy atom. The Kier molecular flexibility index (Phi) is 65.3. The van der Waals surface area contributed by atoms with Crippen LogP contribution in [0, 0.1) is 0 Å². The van der Waals surface area contributed by atoms with E-state index in [-0.39, 0.29) is 23.9 Å². The first-order valence-electron chi connectivity index (χ1n) is 20.6. The molecule has 0 fully saturated rings. The van der Waals surface area contributed by atoms with E-state index in [1.54, 1.807) is 6.08 Å². The van der Waals surface area contributed by atoms with Crippen LogP contribution >= 0.6 is 0 Å². The number of esters is 4. The quantitative estimate of drug-likeness (QED) is 0.0335. The van der Waals surface area contributed by atoms with Crippen molar-refractivity contribution in [1.82, 2.24) is 0 Å². The highest BCUT2D eigenvalue weighted by molar-refractivity contribution is 5.70. The number of rotatable bonds is 28. The average Bonchev–Trinajstić information content (AvgIpc) is 3.19. The molecule has 0 atom stereocenters. The van der Waals surface area contributed by atoms with E-state index < -0.39 is 0 Å². The topological polar surface area (TPSA) is 105 Å². The summed E-state index contributed by atoms with van der Waals surface area (Å²) in [6.45, 7) is 16.0. The third kappa shape index (κ3) is 70.2. The number of unbranched alkanes of at least 4 members (excludes halogenated alkanes) is 12. The van der Waals surface area contributed by atoms with Gasteiger partial charge in [-0.2, -0.15) is 0 Å². The van der Waals surface area contributed by atoms with E-state index in [4.69, 9.17) is 0 Å². The first kappa shape index (κ1) is 59.8. The fraction of sp³-hybridized carbons (Fsp3) is 0.696. The fourth-order valence-corrected chi connectivity index (χ4v) is 3.91. The monoisotopic (exact) mass is 765 g/mol. The van der Waals surface area contributed by atoms with Crippen LogP contribution in [-0.4, -0.2) is 52.3 Å². The van der Waals surface area contributed by atoms with Gasteiger partial charge < -0.3 is 18.9 Å². The minimum Gasteiger partial charge on any atom is -0.469 e. The second-order valence-corrected chi connectivity index (χ2v) is 12.4. The molecule has 0 N–H and O–H groups in total. The molecule has 0 unspecified atom stereocenters. The number of hydrogen-bond acceptors (Lipinski definition) is 8. The van der Waals surface area contributed by atoms with E-state index in [2.05, 4.69) is 84.1 Å². The number of carbonyl (C=O) groups is 4.